The fraction of sp³-hybridized carbons (Fsp3) is 0.455. The van der Waals surface area contributed by atoms with E-state index in [1.165, 1.54) is 13.5 Å². The second kappa shape index (κ2) is 3.94. The molecule has 0 saturated heterocycles. The van der Waals surface area contributed by atoms with Crippen molar-refractivity contribution in [2.24, 2.45) is 0 Å². The summed E-state index contributed by atoms with van der Waals surface area (Å²) in [5.41, 5.74) is 0.970. The lowest BCUT2D eigenvalue weighted by molar-refractivity contribution is 0.413. The maximum atomic E-state index is 11.8. The monoisotopic (exact) mass is 225 g/mol. The van der Waals surface area contributed by atoms with Gasteiger partial charge in [0, 0.05) is 0 Å². The summed E-state index contributed by atoms with van der Waals surface area (Å²) in [7, 11) is -1.85. The second-order valence-electron chi connectivity index (χ2n) is 3.87. The number of rotatable bonds is 3. The summed E-state index contributed by atoms with van der Waals surface area (Å²) in [6.07, 6.45) is 3.42. The molecule has 82 valence electrons. The third-order valence-corrected chi connectivity index (χ3v) is 4.51. The summed E-state index contributed by atoms with van der Waals surface area (Å²) >= 11 is 0. The molecule has 1 N–H and O–H groups in total. The lowest BCUT2D eigenvalue weighted by Gasteiger charge is -2.27. The Morgan fingerprint density at radius 2 is 1.93 bits per heavy atom. The van der Waals surface area contributed by atoms with Gasteiger partial charge in [-0.05, 0) is 37.4 Å². The van der Waals surface area contributed by atoms with Crippen LogP contribution < -0.4 is 4.72 Å². The van der Waals surface area contributed by atoms with Crippen LogP contribution in [0.15, 0.2) is 29.2 Å². The van der Waals surface area contributed by atoms with Gasteiger partial charge in [-0.15, -0.1) is 0 Å². The molecule has 0 radical (unpaired) electrons. The minimum atomic E-state index is -3.30. The Balaban J connectivity index is 2.46. The van der Waals surface area contributed by atoms with Crippen molar-refractivity contribution in [3.8, 4) is 0 Å². The van der Waals surface area contributed by atoms with Gasteiger partial charge in [-0.1, -0.05) is 24.6 Å². The normalized spacial score (nSPS) is 17.4. The number of hydrogen-bond donors (Lipinski definition) is 1. The maximum Gasteiger partial charge on any atom is 0.240 e. The third-order valence-electron chi connectivity index (χ3n) is 3.02. The molecule has 1 aliphatic rings. The molecule has 15 heavy (non-hydrogen) atoms. The molecule has 1 aromatic carbocycles. The smallest absolute Gasteiger partial charge is 0.214 e. The molecule has 0 atom stereocenters. The van der Waals surface area contributed by atoms with Crippen molar-refractivity contribution in [1.29, 1.82) is 0 Å². The molecule has 0 spiro atoms. The van der Waals surface area contributed by atoms with Crippen LogP contribution >= 0.6 is 0 Å². The van der Waals surface area contributed by atoms with E-state index >= 15 is 0 Å². The highest BCUT2D eigenvalue weighted by Gasteiger charge is 2.26. The molecular weight excluding hydrogens is 210 g/mol. The summed E-state index contributed by atoms with van der Waals surface area (Å²) < 4.78 is 25.9. The molecule has 1 fully saturated rings. The predicted octanol–water partition coefficient (Wildman–Crippen LogP) is 1.86. The van der Waals surface area contributed by atoms with Crippen LogP contribution in [-0.4, -0.2) is 15.5 Å². The fourth-order valence-corrected chi connectivity index (χ4v) is 2.91. The Morgan fingerprint density at radius 3 is 2.47 bits per heavy atom. The van der Waals surface area contributed by atoms with Gasteiger partial charge in [0.1, 0.15) is 0 Å². The molecule has 0 aliphatic heterocycles. The first kappa shape index (κ1) is 10.6. The third kappa shape index (κ3) is 1.92. The summed E-state index contributed by atoms with van der Waals surface area (Å²) in [5, 5.41) is 0. The molecule has 0 unspecified atom stereocenters. The van der Waals surface area contributed by atoms with E-state index in [0.717, 1.165) is 18.4 Å². The van der Waals surface area contributed by atoms with Crippen molar-refractivity contribution in [3.05, 3.63) is 29.8 Å². The van der Waals surface area contributed by atoms with E-state index in [9.17, 15) is 8.42 Å². The number of sulfonamides is 1. The van der Waals surface area contributed by atoms with Gasteiger partial charge in [0.2, 0.25) is 10.0 Å². The van der Waals surface area contributed by atoms with E-state index in [4.69, 9.17) is 0 Å². The van der Waals surface area contributed by atoms with Crippen molar-refractivity contribution >= 4 is 10.0 Å². The second-order valence-corrected chi connectivity index (χ2v) is 5.73. The van der Waals surface area contributed by atoms with Gasteiger partial charge in [0.05, 0.1) is 4.90 Å². The van der Waals surface area contributed by atoms with Crippen molar-refractivity contribution in [1.82, 2.24) is 4.72 Å². The minimum Gasteiger partial charge on any atom is -0.214 e. The van der Waals surface area contributed by atoms with Crippen LogP contribution in [0.25, 0.3) is 0 Å². The van der Waals surface area contributed by atoms with Crippen LogP contribution in [0.1, 0.15) is 30.7 Å². The van der Waals surface area contributed by atoms with Crippen LogP contribution in [0.3, 0.4) is 0 Å². The first-order valence-corrected chi connectivity index (χ1v) is 6.66. The van der Waals surface area contributed by atoms with Crippen molar-refractivity contribution in [2.45, 2.75) is 30.1 Å². The van der Waals surface area contributed by atoms with E-state index in [1.807, 2.05) is 12.1 Å². The molecule has 4 heteroatoms. The van der Waals surface area contributed by atoms with E-state index in [1.54, 1.807) is 12.1 Å². The Bertz CT molecular complexity index is 449. The van der Waals surface area contributed by atoms with Crippen LogP contribution in [0.2, 0.25) is 0 Å². The summed E-state index contributed by atoms with van der Waals surface area (Å²) in [6.45, 7) is 0. The van der Waals surface area contributed by atoms with Gasteiger partial charge in [-0.2, -0.15) is 0 Å². The van der Waals surface area contributed by atoms with E-state index in [0.29, 0.717) is 10.8 Å². The molecule has 3 nitrogen and oxygen atoms in total. The van der Waals surface area contributed by atoms with Gasteiger partial charge < -0.3 is 0 Å². The highest BCUT2D eigenvalue weighted by molar-refractivity contribution is 7.89. The molecule has 2 rings (SSSR count). The topological polar surface area (TPSA) is 46.2 Å². The van der Waals surface area contributed by atoms with Crippen molar-refractivity contribution < 1.29 is 8.42 Å². The van der Waals surface area contributed by atoms with Crippen LogP contribution in [0, 0.1) is 0 Å². The molecule has 1 aromatic rings. The van der Waals surface area contributed by atoms with Gasteiger partial charge >= 0.3 is 0 Å². The highest BCUT2D eigenvalue weighted by Crippen LogP contribution is 2.38. The lowest BCUT2D eigenvalue weighted by atomic mass is 9.80. The van der Waals surface area contributed by atoms with E-state index in [-0.39, 0.29) is 0 Å². The standard InChI is InChI=1S/C11H15NO2S/c1-12-15(13,14)11-8-3-2-7-10(11)9-5-4-6-9/h2-3,7-9,12H,4-6H2,1H3. The van der Waals surface area contributed by atoms with E-state index in [2.05, 4.69) is 4.72 Å². The zero-order chi connectivity index (χ0) is 10.9. The Hall–Kier alpha value is -0.870. The van der Waals surface area contributed by atoms with Gasteiger partial charge in [0.25, 0.3) is 0 Å². The molecular formula is C11H15NO2S. The van der Waals surface area contributed by atoms with Crippen molar-refractivity contribution in [3.63, 3.8) is 0 Å². The summed E-state index contributed by atoms with van der Waals surface area (Å²) in [6, 6.07) is 7.28. The van der Waals surface area contributed by atoms with Gasteiger partial charge in [-0.3, -0.25) is 0 Å². The Labute approximate surface area is 90.6 Å². The van der Waals surface area contributed by atoms with Gasteiger partial charge in [-0.25, -0.2) is 13.1 Å². The number of benzene rings is 1. The fourth-order valence-electron chi connectivity index (χ4n) is 1.89. The predicted molar refractivity (Wildman–Crippen MR) is 59.3 cm³/mol. The van der Waals surface area contributed by atoms with Crippen LogP contribution in [0.4, 0.5) is 0 Å². The highest BCUT2D eigenvalue weighted by atomic mass is 32.2. The average Bonchev–Trinajstić information content (AvgIpc) is 2.16. The lowest BCUT2D eigenvalue weighted by Crippen LogP contribution is -2.22. The number of hydrogen-bond acceptors (Lipinski definition) is 2. The maximum absolute atomic E-state index is 11.8. The Kier molecular flexibility index (Phi) is 2.80. The summed E-state index contributed by atoms with van der Waals surface area (Å²) in [5.74, 6) is 0.435. The number of nitrogens with one attached hydrogen (secondary N) is 1. The van der Waals surface area contributed by atoms with Gasteiger partial charge in [0.15, 0.2) is 0 Å². The zero-order valence-corrected chi connectivity index (χ0v) is 9.55. The molecule has 1 aliphatic carbocycles. The Morgan fingerprint density at radius 1 is 1.27 bits per heavy atom. The quantitative estimate of drug-likeness (QED) is 0.853. The SMILES string of the molecule is CNS(=O)(=O)c1ccccc1C1CCC1. The molecule has 1 saturated carbocycles. The largest absolute Gasteiger partial charge is 0.240 e. The van der Waals surface area contributed by atoms with Crippen molar-refractivity contribution in [2.75, 3.05) is 7.05 Å². The van der Waals surface area contributed by atoms with E-state index < -0.39 is 10.0 Å². The molecule has 0 aromatic heterocycles. The van der Waals surface area contributed by atoms with Crippen LogP contribution in [0.5, 0.6) is 0 Å². The average molecular weight is 225 g/mol. The molecule has 0 amide bonds. The molecule has 0 heterocycles. The minimum absolute atomic E-state index is 0.435. The summed E-state index contributed by atoms with van der Waals surface area (Å²) in [4.78, 5) is 0.442. The zero-order valence-electron chi connectivity index (χ0n) is 8.73. The first-order chi connectivity index (χ1) is 7.15. The first-order valence-electron chi connectivity index (χ1n) is 5.17. The molecule has 0 bridgehead atoms. The van der Waals surface area contributed by atoms with Crippen LogP contribution in [-0.2, 0) is 10.0 Å².